The number of hydrogen-bond acceptors (Lipinski definition) is 5. The molecule has 1 aliphatic heterocycles. The summed E-state index contributed by atoms with van der Waals surface area (Å²) in [7, 11) is -3.46. The van der Waals surface area contributed by atoms with Crippen LogP contribution in [0.2, 0.25) is 0 Å². The molecule has 0 amide bonds. The lowest BCUT2D eigenvalue weighted by Gasteiger charge is -2.33. The summed E-state index contributed by atoms with van der Waals surface area (Å²) < 4.78 is 29.8. The fraction of sp³-hybridized carbons (Fsp3) is 0.294. The van der Waals surface area contributed by atoms with Gasteiger partial charge in [-0.3, -0.25) is 9.88 Å². The molecule has 4 rings (SSSR count). The average Bonchev–Trinajstić information content (AvgIpc) is 3.04. The lowest BCUT2D eigenvalue weighted by Crippen LogP contribution is -2.48. The van der Waals surface area contributed by atoms with Gasteiger partial charge in [0.25, 0.3) is 0 Å². The minimum absolute atomic E-state index is 0.249. The highest BCUT2D eigenvalue weighted by Gasteiger charge is 2.28. The summed E-state index contributed by atoms with van der Waals surface area (Å²) >= 11 is 3.46. The van der Waals surface area contributed by atoms with Crippen LogP contribution in [0.1, 0.15) is 5.69 Å². The zero-order valence-electron chi connectivity index (χ0n) is 14.0. The molecule has 0 spiro atoms. The predicted octanol–water partition coefficient (Wildman–Crippen LogP) is 2.00. The molecule has 7 nitrogen and oxygen atoms in total. The molecule has 136 valence electrons. The Bertz CT molecular complexity index is 1010. The van der Waals surface area contributed by atoms with Crippen LogP contribution in [-0.2, 0) is 16.6 Å². The molecule has 1 aliphatic rings. The molecule has 26 heavy (non-hydrogen) atoms. The van der Waals surface area contributed by atoms with Gasteiger partial charge in [-0.25, -0.2) is 13.4 Å². The van der Waals surface area contributed by atoms with Gasteiger partial charge in [-0.1, -0.05) is 0 Å². The highest BCUT2D eigenvalue weighted by Crippen LogP contribution is 2.18. The van der Waals surface area contributed by atoms with Crippen molar-refractivity contribution in [3.63, 3.8) is 0 Å². The summed E-state index contributed by atoms with van der Waals surface area (Å²) in [6, 6.07) is 7.16. The van der Waals surface area contributed by atoms with Crippen LogP contribution < -0.4 is 0 Å². The first-order valence-corrected chi connectivity index (χ1v) is 10.5. The van der Waals surface area contributed by atoms with Crippen LogP contribution >= 0.6 is 15.9 Å². The van der Waals surface area contributed by atoms with Gasteiger partial charge in [0.15, 0.2) is 0 Å². The van der Waals surface area contributed by atoms with E-state index in [4.69, 9.17) is 0 Å². The fourth-order valence-corrected chi connectivity index (χ4v) is 4.84. The topological polar surface area (TPSA) is 70.8 Å². The first kappa shape index (κ1) is 17.6. The van der Waals surface area contributed by atoms with Gasteiger partial charge in [-0.05, 0) is 40.2 Å². The summed E-state index contributed by atoms with van der Waals surface area (Å²) in [4.78, 5) is 11.0. The number of piperazine rings is 1. The molecule has 0 aliphatic carbocycles. The van der Waals surface area contributed by atoms with E-state index in [0.29, 0.717) is 32.7 Å². The number of imidazole rings is 1. The van der Waals surface area contributed by atoms with Gasteiger partial charge in [-0.15, -0.1) is 0 Å². The first-order valence-electron chi connectivity index (χ1n) is 8.28. The van der Waals surface area contributed by atoms with Gasteiger partial charge in [0, 0.05) is 62.0 Å². The van der Waals surface area contributed by atoms with Crippen LogP contribution in [0.3, 0.4) is 0 Å². The van der Waals surface area contributed by atoms with Crippen LogP contribution in [0, 0.1) is 0 Å². The Balaban J connectivity index is 1.41. The summed E-state index contributed by atoms with van der Waals surface area (Å²) in [6.07, 6.45) is 6.96. The monoisotopic (exact) mass is 435 g/mol. The Morgan fingerprint density at radius 1 is 1.08 bits per heavy atom. The maximum Gasteiger partial charge on any atom is 0.244 e. The molecule has 0 aromatic carbocycles. The van der Waals surface area contributed by atoms with E-state index in [1.165, 1.54) is 10.5 Å². The summed E-state index contributed by atoms with van der Waals surface area (Å²) in [5.41, 5.74) is 1.88. The molecule has 3 aromatic rings. The summed E-state index contributed by atoms with van der Waals surface area (Å²) in [5.74, 6) is 0. The van der Waals surface area contributed by atoms with E-state index < -0.39 is 10.0 Å². The van der Waals surface area contributed by atoms with Crippen molar-refractivity contribution in [3.05, 3.63) is 59.2 Å². The van der Waals surface area contributed by atoms with Crippen molar-refractivity contribution < 1.29 is 8.42 Å². The van der Waals surface area contributed by atoms with Gasteiger partial charge >= 0.3 is 0 Å². The Morgan fingerprint density at radius 2 is 1.88 bits per heavy atom. The van der Waals surface area contributed by atoms with Crippen molar-refractivity contribution in [2.75, 3.05) is 26.2 Å². The SMILES string of the molecule is O=S(=O)(c1cccnc1)N1CCN(Cc2cn3cc(Br)ccc3n2)CC1. The van der Waals surface area contributed by atoms with Crippen LogP contribution in [0.5, 0.6) is 0 Å². The average molecular weight is 436 g/mol. The number of fused-ring (bicyclic) bond motifs is 1. The largest absolute Gasteiger partial charge is 0.306 e. The number of pyridine rings is 2. The quantitative estimate of drug-likeness (QED) is 0.626. The number of aromatic nitrogens is 3. The zero-order valence-corrected chi connectivity index (χ0v) is 16.4. The van der Waals surface area contributed by atoms with Crippen molar-refractivity contribution in [2.24, 2.45) is 0 Å². The number of rotatable bonds is 4. The third kappa shape index (κ3) is 3.52. The summed E-state index contributed by atoms with van der Waals surface area (Å²) in [6.45, 7) is 3.00. The molecule has 0 saturated carbocycles. The molecule has 3 aromatic heterocycles. The Morgan fingerprint density at radius 3 is 2.62 bits per heavy atom. The summed E-state index contributed by atoms with van der Waals surface area (Å²) in [5, 5.41) is 0. The van der Waals surface area contributed by atoms with Crippen molar-refractivity contribution in [1.82, 2.24) is 23.6 Å². The number of nitrogens with zero attached hydrogens (tertiary/aromatic N) is 5. The van der Waals surface area contributed by atoms with E-state index in [2.05, 4.69) is 30.8 Å². The normalized spacial score (nSPS) is 17.0. The highest BCUT2D eigenvalue weighted by molar-refractivity contribution is 9.10. The van der Waals surface area contributed by atoms with Crippen molar-refractivity contribution in [2.45, 2.75) is 11.4 Å². The molecule has 1 fully saturated rings. The minimum Gasteiger partial charge on any atom is -0.306 e. The smallest absolute Gasteiger partial charge is 0.244 e. The van der Waals surface area contributed by atoms with E-state index in [0.717, 1.165) is 15.8 Å². The molecular weight excluding hydrogens is 418 g/mol. The van der Waals surface area contributed by atoms with E-state index in [1.54, 1.807) is 18.3 Å². The lowest BCUT2D eigenvalue weighted by atomic mass is 10.3. The second kappa shape index (κ2) is 7.07. The predicted molar refractivity (Wildman–Crippen MR) is 101 cm³/mol. The molecule has 1 saturated heterocycles. The van der Waals surface area contributed by atoms with Crippen LogP contribution in [0.25, 0.3) is 5.65 Å². The zero-order chi connectivity index (χ0) is 18.1. The van der Waals surface area contributed by atoms with Crippen LogP contribution in [0.4, 0.5) is 0 Å². The number of sulfonamides is 1. The highest BCUT2D eigenvalue weighted by atomic mass is 79.9. The van der Waals surface area contributed by atoms with E-state index in [9.17, 15) is 8.42 Å². The number of hydrogen-bond donors (Lipinski definition) is 0. The second-order valence-corrected chi connectivity index (χ2v) is 9.07. The third-order valence-corrected chi connectivity index (χ3v) is 6.81. The molecule has 9 heteroatoms. The molecule has 0 bridgehead atoms. The van der Waals surface area contributed by atoms with Crippen molar-refractivity contribution in [1.29, 1.82) is 0 Å². The molecule has 0 unspecified atom stereocenters. The van der Waals surface area contributed by atoms with Gasteiger partial charge in [-0.2, -0.15) is 4.31 Å². The maximum absolute atomic E-state index is 12.6. The standard InChI is InChI=1S/C17H18BrN5O2S/c18-14-3-4-17-20-15(13-22(17)11-14)12-21-6-8-23(9-7-21)26(24,25)16-2-1-5-19-10-16/h1-5,10-11,13H,6-9,12H2. The van der Waals surface area contributed by atoms with Crippen LogP contribution in [0.15, 0.2) is 58.4 Å². The van der Waals surface area contributed by atoms with Gasteiger partial charge in [0.05, 0.1) is 5.69 Å². The van der Waals surface area contributed by atoms with E-state index >= 15 is 0 Å². The lowest BCUT2D eigenvalue weighted by molar-refractivity contribution is 0.180. The fourth-order valence-electron chi connectivity index (χ4n) is 3.10. The Kier molecular flexibility index (Phi) is 4.78. The molecule has 0 atom stereocenters. The Hall–Kier alpha value is -1.81. The van der Waals surface area contributed by atoms with Crippen molar-refractivity contribution >= 4 is 31.6 Å². The second-order valence-electron chi connectivity index (χ2n) is 6.21. The molecule has 0 radical (unpaired) electrons. The maximum atomic E-state index is 12.6. The third-order valence-electron chi connectivity index (χ3n) is 4.45. The van der Waals surface area contributed by atoms with E-state index in [1.807, 2.05) is 28.9 Å². The molecule has 0 N–H and O–H groups in total. The molecular formula is C17H18BrN5O2S. The van der Waals surface area contributed by atoms with Gasteiger partial charge < -0.3 is 4.40 Å². The molecule has 4 heterocycles. The van der Waals surface area contributed by atoms with Gasteiger partial charge in [0.2, 0.25) is 10.0 Å². The van der Waals surface area contributed by atoms with Gasteiger partial charge in [0.1, 0.15) is 10.5 Å². The van der Waals surface area contributed by atoms with E-state index in [-0.39, 0.29) is 4.90 Å². The van der Waals surface area contributed by atoms with Crippen LogP contribution in [-0.4, -0.2) is 58.2 Å². The van der Waals surface area contributed by atoms with Crippen molar-refractivity contribution in [3.8, 4) is 0 Å². The first-order chi connectivity index (χ1) is 12.5. The Labute approximate surface area is 160 Å². The number of halogens is 1. The minimum atomic E-state index is -3.46.